The van der Waals surface area contributed by atoms with Crippen LogP contribution in [0.5, 0.6) is 5.75 Å². The second-order valence-electron chi connectivity index (χ2n) is 7.24. The number of hydrogen-bond donors (Lipinski definition) is 0. The molecule has 2 rings (SSSR count). The van der Waals surface area contributed by atoms with Gasteiger partial charge >= 0.3 is 5.97 Å². The molecule has 0 saturated carbocycles. The summed E-state index contributed by atoms with van der Waals surface area (Å²) in [5.41, 5.74) is 2.19. The van der Waals surface area contributed by atoms with Gasteiger partial charge in [-0.2, -0.15) is 0 Å². The highest BCUT2D eigenvalue weighted by molar-refractivity contribution is 5.94. The van der Waals surface area contributed by atoms with Gasteiger partial charge in [0.05, 0.1) is 0 Å². The van der Waals surface area contributed by atoms with Crippen molar-refractivity contribution in [3.05, 3.63) is 65.2 Å². The Bertz CT molecular complexity index is 757. The van der Waals surface area contributed by atoms with Crippen LogP contribution in [0.1, 0.15) is 49.2 Å². The lowest BCUT2D eigenvalue weighted by molar-refractivity contribution is -0.157. The average Bonchev–Trinajstić information content (AvgIpc) is 2.57. The second-order valence-corrected chi connectivity index (χ2v) is 7.24. The molecular formula is C22H26O4. The molecule has 0 aliphatic rings. The van der Waals surface area contributed by atoms with Gasteiger partial charge < -0.3 is 9.47 Å². The number of hydrogen-bond acceptors (Lipinski definition) is 4. The molecular weight excluding hydrogens is 328 g/mol. The summed E-state index contributed by atoms with van der Waals surface area (Å²) in [6.07, 6.45) is 1.61. The SMILES string of the molecule is CC(=O)c1ccc(CCc2ccccc2)c(OCC(=O)OC(C)(C)C)c1. The maximum Gasteiger partial charge on any atom is 0.344 e. The van der Waals surface area contributed by atoms with Gasteiger partial charge in [0.2, 0.25) is 0 Å². The third-order valence-corrected chi connectivity index (χ3v) is 3.77. The van der Waals surface area contributed by atoms with Crippen molar-refractivity contribution in [3.63, 3.8) is 0 Å². The minimum Gasteiger partial charge on any atom is -0.482 e. The van der Waals surface area contributed by atoms with Crippen LogP contribution in [-0.2, 0) is 22.4 Å². The molecule has 2 aromatic rings. The molecule has 0 radical (unpaired) electrons. The van der Waals surface area contributed by atoms with Crippen molar-refractivity contribution in [2.24, 2.45) is 0 Å². The van der Waals surface area contributed by atoms with Crippen molar-refractivity contribution in [2.45, 2.75) is 46.1 Å². The molecule has 0 aliphatic carbocycles. The molecule has 26 heavy (non-hydrogen) atoms. The molecule has 0 N–H and O–H groups in total. The first-order valence-electron chi connectivity index (χ1n) is 8.77. The first-order valence-corrected chi connectivity index (χ1v) is 8.77. The number of benzene rings is 2. The Balaban J connectivity index is 2.11. The van der Waals surface area contributed by atoms with E-state index in [1.54, 1.807) is 12.1 Å². The normalized spacial score (nSPS) is 11.1. The molecule has 4 nitrogen and oxygen atoms in total. The van der Waals surface area contributed by atoms with Crippen LogP contribution < -0.4 is 4.74 Å². The molecule has 0 aliphatic heterocycles. The number of ketones is 1. The van der Waals surface area contributed by atoms with Crippen molar-refractivity contribution in [1.29, 1.82) is 0 Å². The van der Waals surface area contributed by atoms with Gasteiger partial charge in [0.15, 0.2) is 12.4 Å². The molecule has 0 aromatic heterocycles. The lowest BCUT2D eigenvalue weighted by Crippen LogP contribution is -2.27. The van der Waals surface area contributed by atoms with Crippen LogP contribution in [0.2, 0.25) is 0 Å². The van der Waals surface area contributed by atoms with Crippen LogP contribution in [0.3, 0.4) is 0 Å². The molecule has 0 unspecified atom stereocenters. The van der Waals surface area contributed by atoms with Crippen LogP contribution in [0.15, 0.2) is 48.5 Å². The van der Waals surface area contributed by atoms with Crippen molar-refractivity contribution in [1.82, 2.24) is 0 Å². The van der Waals surface area contributed by atoms with E-state index in [4.69, 9.17) is 9.47 Å². The first-order chi connectivity index (χ1) is 12.2. The first kappa shape index (κ1) is 19.7. The summed E-state index contributed by atoms with van der Waals surface area (Å²) < 4.78 is 11.0. The fourth-order valence-corrected chi connectivity index (χ4v) is 2.55. The molecule has 0 saturated heterocycles. The fourth-order valence-electron chi connectivity index (χ4n) is 2.55. The zero-order chi connectivity index (χ0) is 19.2. The van der Waals surface area contributed by atoms with Gasteiger partial charge in [-0.3, -0.25) is 4.79 Å². The Morgan fingerprint density at radius 2 is 1.65 bits per heavy atom. The van der Waals surface area contributed by atoms with Gasteiger partial charge in [0.25, 0.3) is 0 Å². The van der Waals surface area contributed by atoms with E-state index in [1.165, 1.54) is 12.5 Å². The number of aryl methyl sites for hydroxylation is 2. The number of carbonyl (C=O) groups is 2. The third-order valence-electron chi connectivity index (χ3n) is 3.77. The number of ether oxygens (including phenoxy) is 2. The molecule has 138 valence electrons. The van der Waals surface area contributed by atoms with Gasteiger partial charge in [0.1, 0.15) is 11.4 Å². The van der Waals surface area contributed by atoms with E-state index in [0.717, 1.165) is 18.4 Å². The van der Waals surface area contributed by atoms with E-state index < -0.39 is 11.6 Å². The van der Waals surface area contributed by atoms with E-state index >= 15 is 0 Å². The topological polar surface area (TPSA) is 52.6 Å². The summed E-state index contributed by atoms with van der Waals surface area (Å²) in [6.45, 7) is 6.76. The summed E-state index contributed by atoms with van der Waals surface area (Å²) >= 11 is 0. The number of esters is 1. The highest BCUT2D eigenvalue weighted by Gasteiger charge is 2.17. The van der Waals surface area contributed by atoms with Crippen molar-refractivity contribution in [2.75, 3.05) is 6.61 Å². The number of carbonyl (C=O) groups excluding carboxylic acids is 2. The summed E-state index contributed by atoms with van der Waals surface area (Å²) in [6, 6.07) is 15.5. The second kappa shape index (κ2) is 8.65. The monoisotopic (exact) mass is 354 g/mol. The standard InChI is InChI=1S/C22H26O4/c1-16(23)19-13-12-18(11-10-17-8-6-5-7-9-17)20(14-19)25-15-21(24)26-22(2,3)4/h5-9,12-14H,10-11,15H2,1-4H3. The highest BCUT2D eigenvalue weighted by atomic mass is 16.6. The van der Waals surface area contributed by atoms with Crippen LogP contribution in [0, 0.1) is 0 Å². The largest absolute Gasteiger partial charge is 0.482 e. The smallest absolute Gasteiger partial charge is 0.344 e. The molecule has 0 bridgehead atoms. The van der Waals surface area contributed by atoms with Crippen LogP contribution in [0.25, 0.3) is 0 Å². The molecule has 0 heterocycles. The summed E-state index contributed by atoms with van der Waals surface area (Å²) in [4.78, 5) is 23.6. The highest BCUT2D eigenvalue weighted by Crippen LogP contribution is 2.23. The summed E-state index contributed by atoms with van der Waals surface area (Å²) in [7, 11) is 0. The fraction of sp³-hybridized carbons (Fsp3) is 0.364. The van der Waals surface area contributed by atoms with Gasteiger partial charge in [-0.25, -0.2) is 4.79 Å². The Morgan fingerprint density at radius 1 is 0.962 bits per heavy atom. The average molecular weight is 354 g/mol. The lowest BCUT2D eigenvalue weighted by Gasteiger charge is -2.20. The van der Waals surface area contributed by atoms with E-state index in [-0.39, 0.29) is 12.4 Å². The van der Waals surface area contributed by atoms with E-state index in [0.29, 0.717) is 11.3 Å². The van der Waals surface area contributed by atoms with Gasteiger partial charge in [-0.15, -0.1) is 0 Å². The van der Waals surface area contributed by atoms with E-state index in [9.17, 15) is 9.59 Å². The minimum absolute atomic E-state index is 0.0401. The predicted molar refractivity (Wildman–Crippen MR) is 102 cm³/mol. The maximum atomic E-state index is 11.9. The lowest BCUT2D eigenvalue weighted by atomic mass is 10.0. The number of Topliss-reactive ketones (excluding diaryl/α,β-unsaturated/α-hetero) is 1. The molecule has 0 fully saturated rings. The Kier molecular flexibility index (Phi) is 6.56. The van der Waals surface area contributed by atoms with Gasteiger partial charge in [-0.05, 0) is 57.7 Å². The third kappa shape index (κ3) is 6.36. The van der Waals surface area contributed by atoms with Crippen LogP contribution >= 0.6 is 0 Å². The maximum absolute atomic E-state index is 11.9. The zero-order valence-corrected chi connectivity index (χ0v) is 15.9. The van der Waals surface area contributed by atoms with E-state index in [1.807, 2.05) is 45.0 Å². The summed E-state index contributed by atoms with van der Waals surface area (Å²) in [5.74, 6) is 0.0842. The number of rotatable bonds is 7. The molecule has 2 aromatic carbocycles. The Labute approximate surface area is 155 Å². The Hall–Kier alpha value is -2.62. The van der Waals surface area contributed by atoms with E-state index in [2.05, 4.69) is 12.1 Å². The molecule has 0 spiro atoms. The molecule has 0 atom stereocenters. The molecule has 4 heteroatoms. The van der Waals surface area contributed by atoms with Gasteiger partial charge in [0, 0.05) is 5.56 Å². The van der Waals surface area contributed by atoms with Crippen molar-refractivity contribution >= 4 is 11.8 Å². The van der Waals surface area contributed by atoms with Crippen molar-refractivity contribution < 1.29 is 19.1 Å². The molecule has 0 amide bonds. The Morgan fingerprint density at radius 3 is 2.27 bits per heavy atom. The van der Waals surface area contributed by atoms with Crippen molar-refractivity contribution in [3.8, 4) is 5.75 Å². The predicted octanol–water partition coefficient (Wildman–Crippen LogP) is 4.39. The van der Waals surface area contributed by atoms with Gasteiger partial charge in [-0.1, -0.05) is 42.5 Å². The summed E-state index contributed by atoms with van der Waals surface area (Å²) in [5, 5.41) is 0. The van der Waals surface area contributed by atoms with Crippen LogP contribution in [-0.4, -0.2) is 24.0 Å². The van der Waals surface area contributed by atoms with Crippen LogP contribution in [0.4, 0.5) is 0 Å². The zero-order valence-electron chi connectivity index (χ0n) is 15.9. The quantitative estimate of drug-likeness (QED) is 0.546. The minimum atomic E-state index is -0.558.